The number of nitrogens with zero attached hydrogens (tertiary/aromatic N) is 3. The van der Waals surface area contributed by atoms with Crippen molar-refractivity contribution in [2.24, 2.45) is 0 Å². The molecule has 0 aliphatic rings. The van der Waals surface area contributed by atoms with Gasteiger partial charge in [0.15, 0.2) is 5.82 Å². The molecule has 0 aliphatic carbocycles. The summed E-state index contributed by atoms with van der Waals surface area (Å²) in [6.45, 7) is 0. The van der Waals surface area contributed by atoms with E-state index in [4.69, 9.17) is 4.74 Å². The minimum absolute atomic E-state index is 0.161. The predicted octanol–water partition coefficient (Wildman–Crippen LogP) is 3.64. The average molecular weight is 440 g/mol. The van der Waals surface area contributed by atoms with E-state index in [1.165, 1.54) is 15.9 Å². The summed E-state index contributed by atoms with van der Waals surface area (Å²) in [6.07, 6.45) is 5.54. The van der Waals surface area contributed by atoms with Gasteiger partial charge < -0.3 is 4.74 Å². The maximum absolute atomic E-state index is 12.6. The molecule has 0 fully saturated rings. The molecule has 0 saturated carbocycles. The minimum Gasteiger partial charge on any atom is -0.497 e. The molecule has 0 bridgehead atoms. The van der Waals surface area contributed by atoms with Gasteiger partial charge in [-0.3, -0.25) is 4.79 Å². The fourth-order valence-electron chi connectivity index (χ4n) is 2.55. The van der Waals surface area contributed by atoms with Crippen molar-refractivity contribution in [1.82, 2.24) is 14.6 Å². The molecule has 0 unspecified atom stereocenters. The molecule has 4 rings (SSSR count). The Morgan fingerprint density at radius 1 is 1.11 bits per heavy atom. The van der Waals surface area contributed by atoms with Crippen molar-refractivity contribution in [3.05, 3.63) is 84.8 Å². The lowest BCUT2D eigenvalue weighted by atomic mass is 10.2. The zero-order valence-corrected chi connectivity index (χ0v) is 16.7. The topological polar surface area (TPSA) is 56.5 Å². The number of hydrogen-bond donors (Lipinski definition) is 0. The average Bonchev–Trinajstić information content (AvgIpc) is 3.20. The zero-order chi connectivity index (χ0) is 18.8. The lowest BCUT2D eigenvalue weighted by Gasteiger charge is -1.98. The minimum atomic E-state index is -0.161. The SMILES string of the molecule is COc1ccc(C=Cc2nc3sc(=Cc4cccc(Br)c4)c(=O)n3n2)cc1. The Morgan fingerprint density at radius 3 is 2.63 bits per heavy atom. The van der Waals surface area contributed by atoms with Crippen LogP contribution in [0.25, 0.3) is 23.2 Å². The predicted molar refractivity (Wildman–Crippen MR) is 112 cm³/mol. The molecule has 134 valence electrons. The lowest BCUT2D eigenvalue weighted by molar-refractivity contribution is 0.415. The molecule has 27 heavy (non-hydrogen) atoms. The zero-order valence-electron chi connectivity index (χ0n) is 14.3. The molecule has 4 aromatic rings. The standard InChI is InChI=1S/C20H14BrN3O2S/c1-26-16-8-5-13(6-9-16)7-10-18-22-20-24(23-18)19(25)17(27-20)12-14-3-2-4-15(21)11-14/h2-12H,1H3. The summed E-state index contributed by atoms with van der Waals surface area (Å²) in [6, 6.07) is 15.4. The number of fused-ring (bicyclic) bond motifs is 1. The van der Waals surface area contributed by atoms with Crippen LogP contribution in [0.5, 0.6) is 5.75 Å². The molecular weight excluding hydrogens is 426 g/mol. The smallest absolute Gasteiger partial charge is 0.291 e. The summed E-state index contributed by atoms with van der Waals surface area (Å²) < 4.78 is 8.07. The van der Waals surface area contributed by atoms with E-state index in [9.17, 15) is 4.79 Å². The third kappa shape index (κ3) is 3.84. The Bertz CT molecular complexity index is 1240. The lowest BCUT2D eigenvalue weighted by Crippen LogP contribution is -2.23. The highest BCUT2D eigenvalue weighted by atomic mass is 79.9. The van der Waals surface area contributed by atoms with E-state index in [1.54, 1.807) is 13.2 Å². The molecule has 5 nitrogen and oxygen atoms in total. The van der Waals surface area contributed by atoms with E-state index in [0.29, 0.717) is 15.3 Å². The summed E-state index contributed by atoms with van der Waals surface area (Å²) in [5.41, 5.74) is 1.79. The molecule has 7 heteroatoms. The highest BCUT2D eigenvalue weighted by Crippen LogP contribution is 2.14. The van der Waals surface area contributed by atoms with Gasteiger partial charge in [-0.2, -0.15) is 9.50 Å². The maximum atomic E-state index is 12.6. The molecular formula is C20H14BrN3O2S. The second-order valence-corrected chi connectivity index (χ2v) is 7.67. The van der Waals surface area contributed by atoms with Gasteiger partial charge in [-0.1, -0.05) is 57.6 Å². The molecule has 0 radical (unpaired) electrons. The first-order valence-corrected chi connectivity index (χ1v) is 9.72. The van der Waals surface area contributed by atoms with Gasteiger partial charge in [0.1, 0.15) is 5.75 Å². The van der Waals surface area contributed by atoms with Gasteiger partial charge >= 0.3 is 0 Å². The van der Waals surface area contributed by atoms with E-state index < -0.39 is 0 Å². The van der Waals surface area contributed by atoms with Gasteiger partial charge in [-0.05, 0) is 47.5 Å². The number of hydrogen-bond acceptors (Lipinski definition) is 5. The van der Waals surface area contributed by atoms with Crippen molar-refractivity contribution in [2.45, 2.75) is 0 Å². The Labute approximate surface area is 167 Å². The first-order valence-electron chi connectivity index (χ1n) is 8.11. The summed E-state index contributed by atoms with van der Waals surface area (Å²) >= 11 is 4.76. The van der Waals surface area contributed by atoms with Crippen LogP contribution in [0, 0.1) is 0 Å². The number of halogens is 1. The van der Waals surface area contributed by atoms with Crippen LogP contribution in [-0.2, 0) is 0 Å². The second kappa shape index (κ2) is 7.46. The van der Waals surface area contributed by atoms with Crippen molar-refractivity contribution in [3.63, 3.8) is 0 Å². The van der Waals surface area contributed by atoms with Gasteiger partial charge in [0.25, 0.3) is 5.56 Å². The summed E-state index contributed by atoms with van der Waals surface area (Å²) in [5, 5.41) is 4.30. The van der Waals surface area contributed by atoms with Crippen molar-refractivity contribution in [3.8, 4) is 5.75 Å². The van der Waals surface area contributed by atoms with Crippen molar-refractivity contribution < 1.29 is 4.74 Å². The quantitative estimate of drug-likeness (QED) is 0.486. The fourth-order valence-corrected chi connectivity index (χ4v) is 3.88. The first kappa shape index (κ1) is 17.6. The molecule has 2 aromatic heterocycles. The van der Waals surface area contributed by atoms with Crippen LogP contribution < -0.4 is 14.8 Å². The summed E-state index contributed by atoms with van der Waals surface area (Å²) in [5.74, 6) is 1.31. The van der Waals surface area contributed by atoms with Gasteiger partial charge in [-0.25, -0.2) is 0 Å². The van der Waals surface area contributed by atoms with Gasteiger partial charge in [0, 0.05) is 4.47 Å². The summed E-state index contributed by atoms with van der Waals surface area (Å²) in [4.78, 5) is 17.6. The fraction of sp³-hybridized carbons (Fsp3) is 0.0500. The van der Waals surface area contributed by atoms with E-state index in [0.717, 1.165) is 21.3 Å². The number of methoxy groups -OCH3 is 1. The van der Waals surface area contributed by atoms with E-state index in [1.807, 2.05) is 60.7 Å². The number of thiazole rings is 1. The maximum Gasteiger partial charge on any atom is 0.291 e. The van der Waals surface area contributed by atoms with E-state index >= 15 is 0 Å². The largest absolute Gasteiger partial charge is 0.497 e. The van der Waals surface area contributed by atoms with Crippen LogP contribution in [0.2, 0.25) is 0 Å². The van der Waals surface area contributed by atoms with Crippen molar-refractivity contribution >= 4 is 50.5 Å². The molecule has 0 spiro atoms. The Kier molecular flexibility index (Phi) is 4.87. The molecule has 0 N–H and O–H groups in total. The third-order valence-corrected chi connectivity index (χ3v) is 5.34. The number of rotatable bonds is 4. The highest BCUT2D eigenvalue weighted by molar-refractivity contribution is 9.10. The van der Waals surface area contributed by atoms with E-state index in [-0.39, 0.29) is 5.56 Å². The highest BCUT2D eigenvalue weighted by Gasteiger charge is 2.08. The van der Waals surface area contributed by atoms with E-state index in [2.05, 4.69) is 26.0 Å². The monoisotopic (exact) mass is 439 g/mol. The molecule has 2 aromatic carbocycles. The van der Waals surface area contributed by atoms with Gasteiger partial charge in [0.05, 0.1) is 11.6 Å². The van der Waals surface area contributed by atoms with Gasteiger partial charge in [-0.15, -0.1) is 5.10 Å². The number of ether oxygens (including phenoxy) is 1. The normalized spacial score (nSPS) is 12.3. The van der Waals surface area contributed by atoms with Crippen LogP contribution in [0.15, 0.2) is 57.8 Å². The summed E-state index contributed by atoms with van der Waals surface area (Å²) in [7, 11) is 1.63. The molecule has 0 amide bonds. The molecule has 0 saturated heterocycles. The van der Waals surface area contributed by atoms with Crippen LogP contribution >= 0.6 is 27.3 Å². The first-order chi connectivity index (χ1) is 13.1. The molecule has 2 heterocycles. The van der Waals surface area contributed by atoms with Crippen LogP contribution in [0.3, 0.4) is 0 Å². The Hall–Kier alpha value is -2.77. The van der Waals surface area contributed by atoms with Crippen LogP contribution in [-0.4, -0.2) is 21.7 Å². The molecule has 0 atom stereocenters. The van der Waals surface area contributed by atoms with Crippen LogP contribution in [0.4, 0.5) is 0 Å². The van der Waals surface area contributed by atoms with Crippen LogP contribution in [0.1, 0.15) is 17.0 Å². The van der Waals surface area contributed by atoms with Crippen molar-refractivity contribution in [2.75, 3.05) is 7.11 Å². The second-order valence-electron chi connectivity index (χ2n) is 5.74. The number of aromatic nitrogens is 3. The Balaban J connectivity index is 1.64. The molecule has 0 aliphatic heterocycles. The van der Waals surface area contributed by atoms with Crippen molar-refractivity contribution in [1.29, 1.82) is 0 Å². The Morgan fingerprint density at radius 2 is 1.93 bits per heavy atom. The third-order valence-electron chi connectivity index (χ3n) is 3.89. The number of benzene rings is 2. The van der Waals surface area contributed by atoms with Gasteiger partial charge in [0.2, 0.25) is 4.96 Å².